The molecule has 14 heavy (non-hydrogen) atoms. The SMILES string of the molecule is CC(C)[C@H]1OC(CO)[C@H](O)[C@H](O)C1N. The van der Waals surface area contributed by atoms with E-state index in [0.717, 1.165) is 0 Å². The van der Waals surface area contributed by atoms with Crippen molar-refractivity contribution in [3.8, 4) is 0 Å². The van der Waals surface area contributed by atoms with Crippen molar-refractivity contribution in [1.29, 1.82) is 0 Å². The average molecular weight is 205 g/mol. The van der Waals surface area contributed by atoms with Crippen LogP contribution in [0.4, 0.5) is 0 Å². The van der Waals surface area contributed by atoms with Gasteiger partial charge in [0.1, 0.15) is 18.3 Å². The average Bonchev–Trinajstić information content (AvgIpc) is 2.14. The van der Waals surface area contributed by atoms with Gasteiger partial charge >= 0.3 is 0 Å². The number of ether oxygens (including phenoxy) is 1. The minimum atomic E-state index is -1.11. The van der Waals surface area contributed by atoms with E-state index in [9.17, 15) is 10.2 Å². The first kappa shape index (κ1) is 11.9. The molecule has 1 aliphatic rings. The monoisotopic (exact) mass is 205 g/mol. The zero-order valence-corrected chi connectivity index (χ0v) is 8.50. The van der Waals surface area contributed by atoms with Gasteiger partial charge in [-0.25, -0.2) is 0 Å². The van der Waals surface area contributed by atoms with Crippen molar-refractivity contribution in [2.75, 3.05) is 6.61 Å². The molecule has 84 valence electrons. The van der Waals surface area contributed by atoms with Crippen molar-refractivity contribution < 1.29 is 20.1 Å². The van der Waals surface area contributed by atoms with Gasteiger partial charge in [-0.3, -0.25) is 0 Å². The van der Waals surface area contributed by atoms with E-state index in [1.165, 1.54) is 0 Å². The van der Waals surface area contributed by atoms with Gasteiger partial charge in [-0.15, -0.1) is 0 Å². The molecule has 2 unspecified atom stereocenters. The molecular formula is C9H19NO4. The standard InChI is InChI=1S/C9H19NO4/c1-4(2)9-6(10)8(13)7(12)5(3-11)14-9/h4-9,11-13H,3,10H2,1-2H3/t5?,6?,7-,8+,9+/m0/s1. The Bertz CT molecular complexity index is 186. The van der Waals surface area contributed by atoms with E-state index in [2.05, 4.69) is 0 Å². The van der Waals surface area contributed by atoms with Crippen molar-refractivity contribution in [3.63, 3.8) is 0 Å². The Labute approximate surface area is 83.5 Å². The van der Waals surface area contributed by atoms with Crippen molar-refractivity contribution in [1.82, 2.24) is 0 Å². The molecule has 0 amide bonds. The molecular weight excluding hydrogens is 186 g/mol. The first-order valence-electron chi connectivity index (χ1n) is 4.87. The number of hydrogen-bond donors (Lipinski definition) is 4. The largest absolute Gasteiger partial charge is 0.394 e. The Balaban J connectivity index is 2.73. The van der Waals surface area contributed by atoms with Crippen molar-refractivity contribution in [2.24, 2.45) is 11.7 Å². The van der Waals surface area contributed by atoms with E-state index in [0.29, 0.717) is 0 Å². The van der Waals surface area contributed by atoms with Crippen molar-refractivity contribution in [3.05, 3.63) is 0 Å². The van der Waals surface area contributed by atoms with Crippen LogP contribution in [-0.2, 0) is 4.74 Å². The number of rotatable bonds is 2. The second kappa shape index (κ2) is 4.55. The van der Waals surface area contributed by atoms with Gasteiger partial charge in [-0.05, 0) is 5.92 Å². The van der Waals surface area contributed by atoms with E-state index in [1.807, 2.05) is 13.8 Å². The second-order valence-electron chi connectivity index (χ2n) is 4.12. The summed E-state index contributed by atoms with van der Waals surface area (Å²) in [5.41, 5.74) is 5.71. The fraction of sp³-hybridized carbons (Fsp3) is 1.00. The molecule has 5 N–H and O–H groups in total. The maximum Gasteiger partial charge on any atom is 0.110 e. The molecule has 0 aliphatic carbocycles. The van der Waals surface area contributed by atoms with Crippen LogP contribution in [0.5, 0.6) is 0 Å². The minimum absolute atomic E-state index is 0.140. The van der Waals surface area contributed by atoms with Crippen molar-refractivity contribution in [2.45, 2.75) is 44.3 Å². The topological polar surface area (TPSA) is 95.9 Å². The van der Waals surface area contributed by atoms with E-state index in [4.69, 9.17) is 15.6 Å². The highest BCUT2D eigenvalue weighted by Gasteiger charge is 2.43. The maximum atomic E-state index is 9.60. The lowest BCUT2D eigenvalue weighted by molar-refractivity contribution is -0.198. The van der Waals surface area contributed by atoms with Crippen LogP contribution in [0.15, 0.2) is 0 Å². The third kappa shape index (κ3) is 2.07. The van der Waals surface area contributed by atoms with E-state index in [-0.39, 0.29) is 18.6 Å². The first-order chi connectivity index (χ1) is 6.49. The summed E-state index contributed by atoms with van der Waals surface area (Å²) in [5.74, 6) is 0.140. The molecule has 0 bridgehead atoms. The Morgan fingerprint density at radius 3 is 2.29 bits per heavy atom. The van der Waals surface area contributed by atoms with E-state index in [1.54, 1.807) is 0 Å². The van der Waals surface area contributed by atoms with E-state index >= 15 is 0 Å². The smallest absolute Gasteiger partial charge is 0.110 e. The lowest BCUT2D eigenvalue weighted by Crippen LogP contribution is -2.63. The Kier molecular flexibility index (Phi) is 3.86. The molecule has 5 nitrogen and oxygen atoms in total. The molecule has 0 saturated carbocycles. The Morgan fingerprint density at radius 2 is 1.86 bits per heavy atom. The number of aliphatic hydroxyl groups excluding tert-OH is 3. The first-order valence-corrected chi connectivity index (χ1v) is 4.87. The van der Waals surface area contributed by atoms with Crippen LogP contribution >= 0.6 is 0 Å². The van der Waals surface area contributed by atoms with Crippen LogP contribution in [0.3, 0.4) is 0 Å². The van der Waals surface area contributed by atoms with Crippen molar-refractivity contribution >= 4 is 0 Å². The maximum absolute atomic E-state index is 9.60. The molecule has 1 aliphatic heterocycles. The van der Waals surface area contributed by atoms with Crippen LogP contribution in [0.25, 0.3) is 0 Å². The lowest BCUT2D eigenvalue weighted by Gasteiger charge is -2.42. The number of aliphatic hydroxyl groups is 3. The Hall–Kier alpha value is -0.200. The molecule has 0 spiro atoms. The molecule has 0 aromatic carbocycles. The van der Waals surface area contributed by atoms with Crippen LogP contribution in [-0.4, -0.2) is 52.4 Å². The summed E-state index contributed by atoms with van der Waals surface area (Å²) in [6.07, 6.45) is -3.21. The van der Waals surface area contributed by atoms with E-state index < -0.39 is 24.4 Å². The van der Waals surface area contributed by atoms with Gasteiger partial charge in [0, 0.05) is 0 Å². The zero-order chi connectivity index (χ0) is 10.9. The predicted octanol–water partition coefficient (Wildman–Crippen LogP) is -1.55. The predicted molar refractivity (Wildman–Crippen MR) is 50.6 cm³/mol. The second-order valence-corrected chi connectivity index (χ2v) is 4.12. The fourth-order valence-corrected chi connectivity index (χ4v) is 1.77. The minimum Gasteiger partial charge on any atom is -0.394 e. The molecule has 0 aromatic rings. The lowest BCUT2D eigenvalue weighted by atomic mass is 9.88. The normalized spacial score (nSPS) is 44.4. The quantitative estimate of drug-likeness (QED) is 0.438. The zero-order valence-electron chi connectivity index (χ0n) is 8.50. The summed E-state index contributed by atoms with van der Waals surface area (Å²) in [7, 11) is 0. The molecule has 1 heterocycles. The summed E-state index contributed by atoms with van der Waals surface area (Å²) >= 11 is 0. The summed E-state index contributed by atoms with van der Waals surface area (Å²) in [6, 6.07) is -0.604. The molecule has 0 radical (unpaired) electrons. The fourth-order valence-electron chi connectivity index (χ4n) is 1.77. The van der Waals surface area contributed by atoms with Gasteiger partial charge in [0.25, 0.3) is 0 Å². The molecule has 0 aromatic heterocycles. The number of nitrogens with two attached hydrogens (primary N) is 1. The van der Waals surface area contributed by atoms with Gasteiger partial charge in [-0.1, -0.05) is 13.8 Å². The summed E-state index contributed by atoms with van der Waals surface area (Å²) in [6.45, 7) is 3.53. The summed E-state index contributed by atoms with van der Waals surface area (Å²) in [4.78, 5) is 0. The van der Waals surface area contributed by atoms with Gasteiger partial charge in [0.05, 0.1) is 18.8 Å². The summed E-state index contributed by atoms with van der Waals surface area (Å²) < 4.78 is 5.41. The van der Waals surface area contributed by atoms with Gasteiger partial charge in [-0.2, -0.15) is 0 Å². The highest BCUT2D eigenvalue weighted by Crippen LogP contribution is 2.24. The highest BCUT2D eigenvalue weighted by molar-refractivity contribution is 4.95. The Morgan fingerprint density at radius 1 is 1.29 bits per heavy atom. The summed E-state index contributed by atoms with van der Waals surface area (Å²) in [5, 5.41) is 28.0. The molecule has 5 heteroatoms. The van der Waals surface area contributed by atoms with Crippen LogP contribution in [0.1, 0.15) is 13.8 Å². The molecule has 1 fully saturated rings. The van der Waals surface area contributed by atoms with Crippen LogP contribution < -0.4 is 5.73 Å². The van der Waals surface area contributed by atoms with Gasteiger partial charge in [0.2, 0.25) is 0 Å². The number of hydrogen-bond acceptors (Lipinski definition) is 5. The van der Waals surface area contributed by atoms with Crippen LogP contribution in [0, 0.1) is 5.92 Å². The third-order valence-electron chi connectivity index (χ3n) is 2.67. The molecule has 5 atom stereocenters. The van der Waals surface area contributed by atoms with Gasteiger partial charge in [0.15, 0.2) is 0 Å². The highest BCUT2D eigenvalue weighted by atomic mass is 16.5. The third-order valence-corrected chi connectivity index (χ3v) is 2.67. The molecule has 1 rings (SSSR count). The van der Waals surface area contributed by atoms with Gasteiger partial charge < -0.3 is 25.8 Å². The van der Waals surface area contributed by atoms with Crippen LogP contribution in [0.2, 0.25) is 0 Å². The molecule has 1 saturated heterocycles.